The van der Waals surface area contributed by atoms with Crippen LogP contribution in [0.1, 0.15) is 5.56 Å². The maximum Gasteiger partial charge on any atom is 0.224 e. The molecule has 4 nitrogen and oxygen atoms in total. The number of nitrogens with one attached hydrogen (secondary N) is 2. The molecule has 0 bridgehead atoms. The molecular weight excluding hydrogens is 192 g/mol. The van der Waals surface area contributed by atoms with Gasteiger partial charge in [0.2, 0.25) is 5.91 Å². The van der Waals surface area contributed by atoms with Gasteiger partial charge in [0.25, 0.3) is 0 Å². The molecule has 1 rings (SSSR count). The Kier molecular flexibility index (Phi) is 4.63. The first-order valence-corrected chi connectivity index (χ1v) is 4.91. The van der Waals surface area contributed by atoms with Crippen molar-refractivity contribution in [1.29, 1.82) is 0 Å². The minimum Gasteiger partial charge on any atom is -0.508 e. The van der Waals surface area contributed by atoms with E-state index in [1.165, 1.54) is 0 Å². The van der Waals surface area contributed by atoms with E-state index in [2.05, 4.69) is 10.6 Å². The highest BCUT2D eigenvalue weighted by molar-refractivity contribution is 5.78. The first kappa shape index (κ1) is 11.5. The van der Waals surface area contributed by atoms with Crippen molar-refractivity contribution >= 4 is 5.91 Å². The number of carbonyl (C=O) groups is 1. The summed E-state index contributed by atoms with van der Waals surface area (Å²) in [6, 6.07) is 6.73. The van der Waals surface area contributed by atoms with Crippen molar-refractivity contribution in [3.63, 3.8) is 0 Å². The third-order valence-electron chi connectivity index (χ3n) is 1.97. The van der Waals surface area contributed by atoms with E-state index in [9.17, 15) is 9.90 Å². The lowest BCUT2D eigenvalue weighted by Gasteiger charge is -2.04. The van der Waals surface area contributed by atoms with Crippen LogP contribution < -0.4 is 10.6 Å². The van der Waals surface area contributed by atoms with E-state index in [-0.39, 0.29) is 11.7 Å². The summed E-state index contributed by atoms with van der Waals surface area (Å²) >= 11 is 0. The fourth-order valence-corrected chi connectivity index (χ4v) is 1.24. The number of benzene rings is 1. The van der Waals surface area contributed by atoms with Gasteiger partial charge in [-0.2, -0.15) is 0 Å². The van der Waals surface area contributed by atoms with Crippen LogP contribution in [0.15, 0.2) is 24.3 Å². The van der Waals surface area contributed by atoms with E-state index >= 15 is 0 Å². The Morgan fingerprint density at radius 2 is 2.20 bits per heavy atom. The van der Waals surface area contributed by atoms with Gasteiger partial charge in [-0.05, 0) is 24.7 Å². The van der Waals surface area contributed by atoms with Crippen LogP contribution >= 0.6 is 0 Å². The average molecular weight is 208 g/mol. The van der Waals surface area contributed by atoms with Crippen LogP contribution in [0, 0.1) is 0 Å². The quantitative estimate of drug-likeness (QED) is 0.609. The molecule has 1 amide bonds. The molecule has 0 unspecified atom stereocenters. The number of amides is 1. The van der Waals surface area contributed by atoms with Gasteiger partial charge >= 0.3 is 0 Å². The molecule has 4 heteroatoms. The van der Waals surface area contributed by atoms with Crippen molar-refractivity contribution in [3.8, 4) is 5.75 Å². The number of hydrogen-bond acceptors (Lipinski definition) is 3. The first-order valence-electron chi connectivity index (χ1n) is 4.91. The largest absolute Gasteiger partial charge is 0.508 e. The molecule has 0 spiro atoms. The molecule has 0 atom stereocenters. The van der Waals surface area contributed by atoms with Gasteiger partial charge in [0.15, 0.2) is 0 Å². The zero-order valence-corrected chi connectivity index (χ0v) is 8.79. The molecule has 0 aliphatic carbocycles. The summed E-state index contributed by atoms with van der Waals surface area (Å²) in [6.07, 6.45) is 0.304. The highest BCUT2D eigenvalue weighted by atomic mass is 16.3. The molecular formula is C11H16N2O2. The van der Waals surface area contributed by atoms with Crippen LogP contribution in [0.4, 0.5) is 0 Å². The summed E-state index contributed by atoms with van der Waals surface area (Å²) in [4.78, 5) is 11.4. The van der Waals surface area contributed by atoms with E-state index < -0.39 is 0 Å². The fourth-order valence-electron chi connectivity index (χ4n) is 1.24. The summed E-state index contributed by atoms with van der Waals surface area (Å²) < 4.78 is 0. The third-order valence-corrected chi connectivity index (χ3v) is 1.97. The molecule has 0 fully saturated rings. The maximum absolute atomic E-state index is 11.4. The van der Waals surface area contributed by atoms with Crippen molar-refractivity contribution in [3.05, 3.63) is 29.8 Å². The van der Waals surface area contributed by atoms with Gasteiger partial charge in [-0.1, -0.05) is 12.1 Å². The van der Waals surface area contributed by atoms with Crippen molar-refractivity contribution in [2.24, 2.45) is 0 Å². The molecule has 3 N–H and O–H groups in total. The molecule has 82 valence electrons. The van der Waals surface area contributed by atoms with Crippen molar-refractivity contribution < 1.29 is 9.90 Å². The summed E-state index contributed by atoms with van der Waals surface area (Å²) in [5.41, 5.74) is 0.817. The van der Waals surface area contributed by atoms with Gasteiger partial charge < -0.3 is 15.7 Å². The second-order valence-corrected chi connectivity index (χ2v) is 3.30. The van der Waals surface area contributed by atoms with Gasteiger partial charge in [0.05, 0.1) is 6.42 Å². The Morgan fingerprint density at radius 3 is 2.87 bits per heavy atom. The van der Waals surface area contributed by atoms with Crippen LogP contribution in [0.3, 0.4) is 0 Å². The number of rotatable bonds is 5. The molecule has 0 saturated heterocycles. The Labute approximate surface area is 89.3 Å². The summed E-state index contributed by atoms with van der Waals surface area (Å²) in [5.74, 6) is 0.159. The minimum atomic E-state index is -0.0316. The molecule has 1 aromatic carbocycles. The highest BCUT2D eigenvalue weighted by Gasteiger charge is 2.02. The Hall–Kier alpha value is -1.55. The van der Waals surface area contributed by atoms with E-state index in [0.717, 1.165) is 12.1 Å². The number of phenolic OH excluding ortho intramolecular Hbond substituents is 1. The summed E-state index contributed by atoms with van der Waals surface area (Å²) in [5, 5.41) is 14.9. The van der Waals surface area contributed by atoms with Gasteiger partial charge in [-0.3, -0.25) is 4.79 Å². The van der Waals surface area contributed by atoms with Crippen LogP contribution in [0.25, 0.3) is 0 Å². The Morgan fingerprint density at radius 1 is 1.40 bits per heavy atom. The van der Waals surface area contributed by atoms with Crippen LogP contribution in [0.5, 0.6) is 5.75 Å². The van der Waals surface area contributed by atoms with Crippen LogP contribution in [-0.2, 0) is 11.2 Å². The zero-order valence-electron chi connectivity index (χ0n) is 8.79. The van der Waals surface area contributed by atoms with E-state index in [0.29, 0.717) is 13.0 Å². The number of phenols is 1. The zero-order chi connectivity index (χ0) is 11.1. The lowest BCUT2D eigenvalue weighted by atomic mass is 10.1. The molecule has 0 aliphatic rings. The molecule has 0 heterocycles. The van der Waals surface area contributed by atoms with Crippen molar-refractivity contribution in [2.45, 2.75) is 6.42 Å². The second-order valence-electron chi connectivity index (χ2n) is 3.30. The maximum atomic E-state index is 11.4. The number of aromatic hydroxyl groups is 1. The fraction of sp³-hybridized carbons (Fsp3) is 0.364. The third kappa shape index (κ3) is 4.46. The topological polar surface area (TPSA) is 61.4 Å². The Balaban J connectivity index is 2.37. The molecule has 0 radical (unpaired) electrons. The Bertz CT molecular complexity index is 326. The highest BCUT2D eigenvalue weighted by Crippen LogP contribution is 2.10. The second kappa shape index (κ2) is 6.03. The normalized spacial score (nSPS) is 9.93. The first-order chi connectivity index (χ1) is 7.22. The smallest absolute Gasteiger partial charge is 0.224 e. The molecule has 1 aromatic rings. The molecule has 15 heavy (non-hydrogen) atoms. The van der Waals surface area contributed by atoms with Gasteiger partial charge in [-0.25, -0.2) is 0 Å². The van der Waals surface area contributed by atoms with Gasteiger partial charge in [-0.15, -0.1) is 0 Å². The van der Waals surface area contributed by atoms with E-state index in [1.54, 1.807) is 18.2 Å². The van der Waals surface area contributed by atoms with Gasteiger partial charge in [0.1, 0.15) is 5.75 Å². The lowest BCUT2D eigenvalue weighted by Crippen LogP contribution is -2.31. The van der Waals surface area contributed by atoms with E-state index in [4.69, 9.17) is 0 Å². The lowest BCUT2D eigenvalue weighted by molar-refractivity contribution is -0.120. The number of carbonyl (C=O) groups excluding carboxylic acids is 1. The van der Waals surface area contributed by atoms with Crippen LogP contribution in [-0.4, -0.2) is 31.2 Å². The van der Waals surface area contributed by atoms with Crippen molar-refractivity contribution in [2.75, 3.05) is 20.1 Å². The predicted octanol–water partition coefficient (Wildman–Crippen LogP) is 0.270. The minimum absolute atomic E-state index is 0.0316. The average Bonchev–Trinajstić information content (AvgIpc) is 2.18. The number of hydrogen-bond donors (Lipinski definition) is 3. The van der Waals surface area contributed by atoms with Crippen LogP contribution in [0.2, 0.25) is 0 Å². The van der Waals surface area contributed by atoms with E-state index in [1.807, 2.05) is 13.1 Å². The monoisotopic (exact) mass is 208 g/mol. The molecule has 0 saturated carbocycles. The summed E-state index contributed by atoms with van der Waals surface area (Å²) in [7, 11) is 1.83. The number of likely N-dealkylation sites (N-methyl/N-ethyl adjacent to an activating group) is 1. The summed E-state index contributed by atoms with van der Waals surface area (Å²) in [6.45, 7) is 1.37. The standard InChI is InChI=1S/C11H16N2O2/c1-12-5-6-13-11(15)8-9-3-2-4-10(14)7-9/h2-4,7,12,14H,5-6,8H2,1H3,(H,13,15). The molecule has 0 aromatic heterocycles. The predicted molar refractivity (Wildman–Crippen MR) is 58.7 cm³/mol. The van der Waals surface area contributed by atoms with Crippen molar-refractivity contribution in [1.82, 2.24) is 10.6 Å². The molecule has 0 aliphatic heterocycles. The SMILES string of the molecule is CNCCNC(=O)Cc1cccc(O)c1. The van der Waals surface area contributed by atoms with Gasteiger partial charge in [0, 0.05) is 13.1 Å².